The van der Waals surface area contributed by atoms with Crippen molar-refractivity contribution in [2.24, 2.45) is 5.84 Å². The summed E-state index contributed by atoms with van der Waals surface area (Å²) >= 11 is 0. The van der Waals surface area contributed by atoms with Crippen LogP contribution >= 0.6 is 0 Å². The summed E-state index contributed by atoms with van der Waals surface area (Å²) < 4.78 is 0. The maximum atomic E-state index is 12.1. The first-order chi connectivity index (χ1) is 9.11. The molecule has 0 spiro atoms. The van der Waals surface area contributed by atoms with E-state index in [4.69, 9.17) is 5.84 Å². The van der Waals surface area contributed by atoms with Crippen LogP contribution in [0.25, 0.3) is 0 Å². The molecule has 0 bridgehead atoms. The van der Waals surface area contributed by atoms with Crippen LogP contribution in [0.5, 0.6) is 0 Å². The molecule has 6 nitrogen and oxygen atoms in total. The zero-order valence-electron chi connectivity index (χ0n) is 10.8. The lowest BCUT2D eigenvalue weighted by Gasteiger charge is -2.10. The number of nitrogens with zero attached hydrogens (tertiary/aromatic N) is 2. The number of carbonyl (C=O) groups is 1. The molecule has 0 saturated carbocycles. The molecule has 98 valence electrons. The number of anilines is 2. The van der Waals surface area contributed by atoms with E-state index >= 15 is 0 Å². The van der Waals surface area contributed by atoms with Crippen molar-refractivity contribution in [3.8, 4) is 0 Å². The molecule has 19 heavy (non-hydrogen) atoms. The second kappa shape index (κ2) is 5.45. The predicted octanol–water partition coefficient (Wildman–Crippen LogP) is 1.63. The number of rotatable bonds is 3. The molecule has 0 saturated heterocycles. The largest absolute Gasteiger partial charge is 0.320 e. The van der Waals surface area contributed by atoms with Crippen LogP contribution in [-0.4, -0.2) is 15.9 Å². The number of hydrogen-bond donors (Lipinski definition) is 3. The molecule has 1 aromatic heterocycles. The number of nitrogen functional groups attached to an aromatic ring is 1. The van der Waals surface area contributed by atoms with Crippen LogP contribution in [0.3, 0.4) is 0 Å². The van der Waals surface area contributed by atoms with Crippen molar-refractivity contribution in [1.29, 1.82) is 0 Å². The van der Waals surface area contributed by atoms with Gasteiger partial charge in [0.15, 0.2) is 5.82 Å². The fourth-order valence-corrected chi connectivity index (χ4v) is 1.71. The van der Waals surface area contributed by atoms with Gasteiger partial charge < -0.3 is 10.7 Å². The lowest BCUT2D eigenvalue weighted by atomic mass is 10.1. The number of carbonyl (C=O) groups excluding carboxylic acids is 1. The van der Waals surface area contributed by atoms with Gasteiger partial charge in [-0.25, -0.2) is 15.8 Å². The zero-order valence-corrected chi connectivity index (χ0v) is 10.8. The van der Waals surface area contributed by atoms with Gasteiger partial charge in [-0.15, -0.1) is 0 Å². The van der Waals surface area contributed by atoms with E-state index in [1.54, 1.807) is 0 Å². The highest BCUT2D eigenvalue weighted by atomic mass is 16.1. The highest BCUT2D eigenvalue weighted by Crippen LogP contribution is 2.19. The number of para-hydroxylation sites is 1. The molecule has 0 aliphatic rings. The molecule has 2 aromatic rings. The van der Waals surface area contributed by atoms with E-state index in [9.17, 15) is 4.79 Å². The molecule has 0 fully saturated rings. The standard InChI is InChI=1S/C13H15N5O/c1-8-4-3-5-9(2)12(8)17-13(19)10-6-16-11(18-14)7-15-10/h3-7H,14H2,1-2H3,(H,16,18)(H,17,19). The summed E-state index contributed by atoms with van der Waals surface area (Å²) in [5, 5.41) is 2.84. The lowest BCUT2D eigenvalue weighted by molar-refractivity contribution is 0.102. The normalized spacial score (nSPS) is 10.1. The van der Waals surface area contributed by atoms with E-state index in [1.807, 2.05) is 32.0 Å². The molecule has 0 atom stereocenters. The summed E-state index contributed by atoms with van der Waals surface area (Å²) in [5.41, 5.74) is 5.40. The Kier molecular flexibility index (Phi) is 3.72. The van der Waals surface area contributed by atoms with Gasteiger partial charge in [-0.05, 0) is 25.0 Å². The van der Waals surface area contributed by atoms with Crippen molar-refractivity contribution in [3.05, 3.63) is 47.4 Å². The van der Waals surface area contributed by atoms with Gasteiger partial charge in [0.2, 0.25) is 0 Å². The van der Waals surface area contributed by atoms with Crippen molar-refractivity contribution >= 4 is 17.4 Å². The third-order valence-electron chi connectivity index (χ3n) is 2.75. The summed E-state index contributed by atoms with van der Waals surface area (Å²) in [7, 11) is 0. The van der Waals surface area contributed by atoms with E-state index in [-0.39, 0.29) is 11.6 Å². The lowest BCUT2D eigenvalue weighted by Crippen LogP contribution is -2.16. The Morgan fingerprint density at radius 2 is 1.84 bits per heavy atom. The van der Waals surface area contributed by atoms with Gasteiger partial charge in [0.1, 0.15) is 5.69 Å². The Balaban J connectivity index is 2.20. The van der Waals surface area contributed by atoms with Gasteiger partial charge in [-0.2, -0.15) is 0 Å². The first kappa shape index (κ1) is 13.0. The minimum absolute atomic E-state index is 0.238. The van der Waals surface area contributed by atoms with Gasteiger partial charge in [0.05, 0.1) is 12.4 Å². The molecular formula is C13H15N5O. The van der Waals surface area contributed by atoms with Gasteiger partial charge >= 0.3 is 0 Å². The van der Waals surface area contributed by atoms with E-state index in [0.29, 0.717) is 5.82 Å². The van der Waals surface area contributed by atoms with Gasteiger partial charge in [0.25, 0.3) is 5.91 Å². The van der Waals surface area contributed by atoms with Crippen molar-refractivity contribution < 1.29 is 4.79 Å². The highest BCUT2D eigenvalue weighted by Gasteiger charge is 2.11. The summed E-state index contributed by atoms with van der Waals surface area (Å²) in [4.78, 5) is 20.0. The average molecular weight is 257 g/mol. The van der Waals surface area contributed by atoms with Crippen LogP contribution in [0.2, 0.25) is 0 Å². The molecule has 0 radical (unpaired) electrons. The molecular weight excluding hydrogens is 242 g/mol. The Morgan fingerprint density at radius 1 is 1.16 bits per heavy atom. The molecule has 2 rings (SSSR count). The number of aromatic nitrogens is 2. The number of aryl methyl sites for hydroxylation is 2. The Morgan fingerprint density at radius 3 is 2.37 bits per heavy atom. The Hall–Kier alpha value is -2.47. The van der Waals surface area contributed by atoms with Crippen molar-refractivity contribution in [1.82, 2.24) is 9.97 Å². The fourth-order valence-electron chi connectivity index (χ4n) is 1.71. The number of hydrogen-bond acceptors (Lipinski definition) is 5. The van der Waals surface area contributed by atoms with Crippen LogP contribution < -0.4 is 16.6 Å². The maximum absolute atomic E-state index is 12.1. The van der Waals surface area contributed by atoms with E-state index in [0.717, 1.165) is 16.8 Å². The SMILES string of the molecule is Cc1cccc(C)c1NC(=O)c1cnc(NN)cn1. The maximum Gasteiger partial charge on any atom is 0.275 e. The first-order valence-electron chi connectivity index (χ1n) is 5.78. The first-order valence-corrected chi connectivity index (χ1v) is 5.78. The number of amides is 1. The fraction of sp³-hybridized carbons (Fsp3) is 0.154. The molecule has 0 aliphatic heterocycles. The number of nitrogens with one attached hydrogen (secondary N) is 2. The molecule has 0 unspecified atom stereocenters. The van der Waals surface area contributed by atoms with Gasteiger partial charge in [-0.1, -0.05) is 18.2 Å². The Labute approximate surface area is 111 Å². The van der Waals surface area contributed by atoms with Crippen molar-refractivity contribution in [3.63, 3.8) is 0 Å². The van der Waals surface area contributed by atoms with E-state index < -0.39 is 0 Å². The monoisotopic (exact) mass is 257 g/mol. The smallest absolute Gasteiger partial charge is 0.275 e. The molecule has 1 aromatic carbocycles. The summed E-state index contributed by atoms with van der Waals surface area (Å²) in [5.74, 6) is 5.29. The molecule has 4 N–H and O–H groups in total. The summed E-state index contributed by atoms with van der Waals surface area (Å²) in [6.45, 7) is 3.88. The van der Waals surface area contributed by atoms with Crippen LogP contribution in [0.1, 0.15) is 21.6 Å². The third kappa shape index (κ3) is 2.86. The van der Waals surface area contributed by atoms with Crippen LogP contribution in [0.4, 0.5) is 11.5 Å². The number of benzene rings is 1. The number of nitrogens with two attached hydrogens (primary N) is 1. The third-order valence-corrected chi connectivity index (χ3v) is 2.75. The topological polar surface area (TPSA) is 92.9 Å². The number of hydrazine groups is 1. The van der Waals surface area contributed by atoms with Gasteiger partial charge in [0, 0.05) is 5.69 Å². The van der Waals surface area contributed by atoms with Crippen molar-refractivity contribution in [2.75, 3.05) is 10.7 Å². The highest BCUT2D eigenvalue weighted by molar-refractivity contribution is 6.03. The molecule has 6 heteroatoms. The van der Waals surface area contributed by atoms with Crippen molar-refractivity contribution in [2.45, 2.75) is 13.8 Å². The van der Waals surface area contributed by atoms with Crippen LogP contribution in [0, 0.1) is 13.8 Å². The summed E-state index contributed by atoms with van der Waals surface area (Å²) in [6, 6.07) is 5.83. The van der Waals surface area contributed by atoms with E-state index in [1.165, 1.54) is 12.4 Å². The molecule has 0 aliphatic carbocycles. The minimum atomic E-state index is -0.298. The zero-order chi connectivity index (χ0) is 13.8. The predicted molar refractivity (Wildman–Crippen MR) is 73.7 cm³/mol. The Bertz CT molecular complexity index is 574. The second-order valence-electron chi connectivity index (χ2n) is 4.15. The van der Waals surface area contributed by atoms with Crippen LogP contribution in [0.15, 0.2) is 30.6 Å². The van der Waals surface area contributed by atoms with E-state index in [2.05, 4.69) is 20.7 Å². The molecule has 1 heterocycles. The summed E-state index contributed by atoms with van der Waals surface area (Å²) in [6.07, 6.45) is 2.78. The van der Waals surface area contributed by atoms with Crippen LogP contribution in [-0.2, 0) is 0 Å². The quantitative estimate of drug-likeness (QED) is 0.574. The minimum Gasteiger partial charge on any atom is -0.320 e. The molecule has 1 amide bonds. The average Bonchev–Trinajstić information content (AvgIpc) is 2.43. The van der Waals surface area contributed by atoms with Gasteiger partial charge in [-0.3, -0.25) is 4.79 Å². The second-order valence-corrected chi connectivity index (χ2v) is 4.15.